The Labute approximate surface area is 103 Å². The Morgan fingerprint density at radius 1 is 0.938 bits per heavy atom. The SMILES string of the molecule is CCCCCCCCCCC=CCS(=O)O. The monoisotopic (exact) mass is 246 g/mol. The van der Waals surface area contributed by atoms with E-state index in [2.05, 4.69) is 6.92 Å². The molecule has 0 amide bonds. The van der Waals surface area contributed by atoms with Crippen molar-refractivity contribution in [2.45, 2.75) is 64.7 Å². The summed E-state index contributed by atoms with van der Waals surface area (Å²) < 4.78 is 18.8. The molecule has 3 heteroatoms. The molecule has 0 aromatic heterocycles. The second-order valence-corrected chi connectivity index (χ2v) is 5.20. The van der Waals surface area contributed by atoms with E-state index in [1.54, 1.807) is 6.08 Å². The summed E-state index contributed by atoms with van der Waals surface area (Å²) in [5.74, 6) is 0.275. The van der Waals surface area contributed by atoms with Crippen LogP contribution in [0.4, 0.5) is 0 Å². The highest BCUT2D eigenvalue weighted by molar-refractivity contribution is 7.79. The van der Waals surface area contributed by atoms with Gasteiger partial charge in [-0.25, -0.2) is 4.21 Å². The van der Waals surface area contributed by atoms with Crippen molar-refractivity contribution in [1.82, 2.24) is 0 Å². The Morgan fingerprint density at radius 2 is 1.50 bits per heavy atom. The van der Waals surface area contributed by atoms with Crippen molar-refractivity contribution in [2.24, 2.45) is 0 Å². The third-order valence-corrected chi connectivity index (χ3v) is 3.11. The largest absolute Gasteiger partial charge is 0.306 e. The highest BCUT2D eigenvalue weighted by atomic mass is 32.2. The summed E-state index contributed by atoms with van der Waals surface area (Å²) >= 11 is -1.67. The minimum atomic E-state index is -1.67. The zero-order valence-corrected chi connectivity index (χ0v) is 11.3. The van der Waals surface area contributed by atoms with Crippen molar-refractivity contribution in [2.75, 3.05) is 5.75 Å². The maximum Gasteiger partial charge on any atom is 0.156 e. The Kier molecular flexibility index (Phi) is 12.8. The standard InChI is InChI=1S/C13H26O2S/c1-2-3-4-5-6-7-8-9-10-11-12-13-16(14)15/h11-12H,2-10,13H2,1H3,(H,14,15). The number of allylic oxidation sites excluding steroid dienone is 1. The van der Waals surface area contributed by atoms with E-state index in [9.17, 15) is 4.21 Å². The predicted octanol–water partition coefficient (Wildman–Crippen LogP) is 4.30. The first-order valence-corrected chi connectivity index (χ1v) is 7.77. The summed E-state index contributed by atoms with van der Waals surface area (Å²) in [6, 6.07) is 0. The van der Waals surface area contributed by atoms with Crippen molar-refractivity contribution in [3.8, 4) is 0 Å². The number of unbranched alkanes of at least 4 members (excludes halogenated alkanes) is 8. The first-order valence-electron chi connectivity index (χ1n) is 6.49. The Hall–Kier alpha value is -0.150. The lowest BCUT2D eigenvalue weighted by Crippen LogP contribution is -1.89. The zero-order valence-electron chi connectivity index (χ0n) is 10.5. The van der Waals surface area contributed by atoms with Gasteiger partial charge in [-0.15, -0.1) is 0 Å². The third kappa shape index (κ3) is 13.8. The molecule has 96 valence electrons. The molecule has 2 nitrogen and oxygen atoms in total. The molecule has 0 aromatic rings. The van der Waals surface area contributed by atoms with Crippen LogP contribution in [0.15, 0.2) is 12.2 Å². The fourth-order valence-corrected chi connectivity index (χ4v) is 1.96. The molecule has 0 heterocycles. The molecule has 0 rings (SSSR count). The van der Waals surface area contributed by atoms with Gasteiger partial charge in [-0.05, 0) is 12.8 Å². The van der Waals surface area contributed by atoms with Crippen LogP contribution in [0.2, 0.25) is 0 Å². The van der Waals surface area contributed by atoms with Crippen molar-refractivity contribution in [3.05, 3.63) is 12.2 Å². The lowest BCUT2D eigenvalue weighted by Gasteiger charge is -1.99. The summed E-state index contributed by atoms with van der Waals surface area (Å²) in [6.07, 6.45) is 15.5. The van der Waals surface area contributed by atoms with E-state index >= 15 is 0 Å². The summed E-state index contributed by atoms with van der Waals surface area (Å²) in [7, 11) is 0. The third-order valence-electron chi connectivity index (χ3n) is 2.63. The fraction of sp³-hybridized carbons (Fsp3) is 0.846. The van der Waals surface area contributed by atoms with Crippen LogP contribution in [0.25, 0.3) is 0 Å². The van der Waals surface area contributed by atoms with Crippen LogP contribution in [0, 0.1) is 0 Å². The molecule has 0 bridgehead atoms. The van der Waals surface area contributed by atoms with Gasteiger partial charge in [-0.2, -0.15) is 0 Å². The van der Waals surface area contributed by atoms with Gasteiger partial charge in [0.1, 0.15) is 0 Å². The molecule has 0 aliphatic heterocycles. The maximum atomic E-state index is 10.3. The molecule has 0 radical (unpaired) electrons. The minimum absolute atomic E-state index is 0.275. The van der Waals surface area contributed by atoms with Crippen molar-refractivity contribution in [3.63, 3.8) is 0 Å². The molecule has 0 saturated heterocycles. The molecule has 1 unspecified atom stereocenters. The Bertz CT molecular complexity index is 190. The summed E-state index contributed by atoms with van der Waals surface area (Å²) in [4.78, 5) is 0. The van der Waals surface area contributed by atoms with Gasteiger partial charge in [0, 0.05) is 0 Å². The van der Waals surface area contributed by atoms with E-state index in [4.69, 9.17) is 4.55 Å². The van der Waals surface area contributed by atoms with Gasteiger partial charge in [0.05, 0.1) is 5.75 Å². The fourth-order valence-electron chi connectivity index (χ4n) is 1.66. The van der Waals surface area contributed by atoms with Crippen LogP contribution in [0.5, 0.6) is 0 Å². The molecule has 16 heavy (non-hydrogen) atoms. The van der Waals surface area contributed by atoms with Crippen molar-refractivity contribution in [1.29, 1.82) is 0 Å². The van der Waals surface area contributed by atoms with Gasteiger partial charge >= 0.3 is 0 Å². The van der Waals surface area contributed by atoms with Crippen LogP contribution < -0.4 is 0 Å². The molecule has 0 spiro atoms. The lowest BCUT2D eigenvalue weighted by atomic mass is 10.1. The molecule has 0 aromatic carbocycles. The molecule has 0 aliphatic rings. The van der Waals surface area contributed by atoms with E-state index in [0.717, 1.165) is 6.42 Å². The highest BCUT2D eigenvalue weighted by Crippen LogP contribution is 2.09. The quantitative estimate of drug-likeness (QED) is 0.335. The smallest absolute Gasteiger partial charge is 0.156 e. The van der Waals surface area contributed by atoms with Crippen LogP contribution in [-0.2, 0) is 11.1 Å². The summed E-state index contributed by atoms with van der Waals surface area (Å²) in [6.45, 7) is 2.24. The minimum Gasteiger partial charge on any atom is -0.306 e. The van der Waals surface area contributed by atoms with E-state index < -0.39 is 11.1 Å². The van der Waals surface area contributed by atoms with E-state index in [0.29, 0.717) is 0 Å². The highest BCUT2D eigenvalue weighted by Gasteiger charge is 1.90. The lowest BCUT2D eigenvalue weighted by molar-refractivity contribution is 0.567. The number of rotatable bonds is 11. The Morgan fingerprint density at radius 3 is 2.06 bits per heavy atom. The van der Waals surface area contributed by atoms with E-state index in [-0.39, 0.29) is 5.75 Å². The van der Waals surface area contributed by atoms with Gasteiger partial charge in [0.15, 0.2) is 11.1 Å². The van der Waals surface area contributed by atoms with Crippen LogP contribution in [0.1, 0.15) is 64.7 Å². The van der Waals surface area contributed by atoms with Crippen molar-refractivity contribution >= 4 is 11.1 Å². The topological polar surface area (TPSA) is 37.3 Å². The second-order valence-electron chi connectivity index (χ2n) is 4.22. The molecular weight excluding hydrogens is 220 g/mol. The number of hydrogen-bond donors (Lipinski definition) is 1. The first-order chi connectivity index (χ1) is 7.77. The van der Waals surface area contributed by atoms with Crippen LogP contribution >= 0.6 is 0 Å². The predicted molar refractivity (Wildman–Crippen MR) is 72.0 cm³/mol. The molecule has 0 fully saturated rings. The second kappa shape index (κ2) is 12.9. The average molecular weight is 246 g/mol. The van der Waals surface area contributed by atoms with Crippen LogP contribution in [-0.4, -0.2) is 14.5 Å². The summed E-state index contributed by atoms with van der Waals surface area (Å²) in [5, 5.41) is 0. The van der Waals surface area contributed by atoms with Crippen LogP contribution in [0.3, 0.4) is 0 Å². The van der Waals surface area contributed by atoms with Gasteiger partial charge in [0.25, 0.3) is 0 Å². The molecule has 0 saturated carbocycles. The molecule has 1 atom stereocenters. The van der Waals surface area contributed by atoms with Gasteiger partial charge in [-0.3, -0.25) is 0 Å². The van der Waals surface area contributed by atoms with Gasteiger partial charge in [-0.1, -0.05) is 64.0 Å². The normalized spacial score (nSPS) is 13.4. The molecular formula is C13H26O2S. The maximum absolute atomic E-state index is 10.3. The van der Waals surface area contributed by atoms with Gasteiger partial charge < -0.3 is 4.55 Å². The van der Waals surface area contributed by atoms with Crippen molar-refractivity contribution < 1.29 is 8.76 Å². The van der Waals surface area contributed by atoms with E-state index in [1.165, 1.54) is 51.4 Å². The first kappa shape index (κ1) is 15.9. The average Bonchev–Trinajstić information content (AvgIpc) is 2.25. The summed E-state index contributed by atoms with van der Waals surface area (Å²) in [5.41, 5.74) is 0. The molecule has 0 aliphatic carbocycles. The van der Waals surface area contributed by atoms with Gasteiger partial charge in [0.2, 0.25) is 0 Å². The van der Waals surface area contributed by atoms with E-state index in [1.807, 2.05) is 6.08 Å². The zero-order chi connectivity index (χ0) is 12.1. The Balaban J connectivity index is 3.03. The number of hydrogen-bond acceptors (Lipinski definition) is 1. The molecule has 1 N–H and O–H groups in total.